The molecule has 0 aromatic heterocycles. The lowest BCUT2D eigenvalue weighted by atomic mass is 10.0. The summed E-state index contributed by atoms with van der Waals surface area (Å²) in [5, 5.41) is 2.77. The highest BCUT2D eigenvalue weighted by molar-refractivity contribution is 7.90. The Balaban J connectivity index is 1.55. The van der Waals surface area contributed by atoms with E-state index >= 15 is 0 Å². The Morgan fingerprint density at radius 3 is 2.32 bits per heavy atom. The van der Waals surface area contributed by atoms with Crippen LogP contribution in [-0.4, -0.2) is 27.5 Å². The third-order valence-electron chi connectivity index (χ3n) is 4.86. The number of carbonyl (C=O) groups excluding carboxylic acids is 1. The number of hydrogen-bond acceptors (Lipinski definition) is 4. The molecule has 0 aliphatic carbocycles. The minimum atomic E-state index is -3.55. The zero-order valence-corrected chi connectivity index (χ0v) is 18.6. The van der Waals surface area contributed by atoms with Crippen LogP contribution in [0.3, 0.4) is 0 Å². The molecule has 5 nitrogen and oxygen atoms in total. The normalized spacial score (nSPS) is 11.3. The number of benzene rings is 3. The summed E-state index contributed by atoms with van der Waals surface area (Å²) in [4.78, 5) is 12.6. The fraction of sp³-hybridized carbons (Fsp3) is 0.240. The van der Waals surface area contributed by atoms with Gasteiger partial charge in [0, 0.05) is 5.56 Å². The number of carbonyl (C=O) groups is 1. The van der Waals surface area contributed by atoms with Crippen LogP contribution < -0.4 is 10.1 Å². The Hall–Kier alpha value is -3.12. The van der Waals surface area contributed by atoms with Gasteiger partial charge in [-0.05, 0) is 47.4 Å². The Morgan fingerprint density at radius 1 is 0.935 bits per heavy atom. The maximum absolute atomic E-state index is 12.7. The monoisotopic (exact) mass is 437 g/mol. The minimum absolute atomic E-state index is 0.109. The van der Waals surface area contributed by atoms with E-state index in [0.717, 1.165) is 5.75 Å². The molecule has 1 N–H and O–H groups in total. The van der Waals surface area contributed by atoms with Gasteiger partial charge in [-0.1, -0.05) is 62.4 Å². The SMILES string of the molecule is CC(C)c1ccc(OCCNC(=O)c2cccc(S(=O)(=O)Cc3ccccc3)c2)cc1. The van der Waals surface area contributed by atoms with Crippen LogP contribution in [0.4, 0.5) is 0 Å². The van der Waals surface area contributed by atoms with Crippen LogP contribution in [-0.2, 0) is 15.6 Å². The molecule has 0 aliphatic rings. The van der Waals surface area contributed by atoms with Crippen molar-refractivity contribution in [2.75, 3.05) is 13.2 Å². The van der Waals surface area contributed by atoms with Crippen LogP contribution in [0.15, 0.2) is 83.8 Å². The maximum atomic E-state index is 12.7. The first kappa shape index (κ1) is 22.6. The van der Waals surface area contributed by atoms with Crippen LogP contribution in [0, 0.1) is 0 Å². The van der Waals surface area contributed by atoms with Gasteiger partial charge >= 0.3 is 0 Å². The average Bonchev–Trinajstić information content (AvgIpc) is 2.77. The molecule has 0 fully saturated rings. The van der Waals surface area contributed by atoms with E-state index in [1.165, 1.54) is 17.7 Å². The second kappa shape index (κ2) is 10.3. The maximum Gasteiger partial charge on any atom is 0.251 e. The molecular weight excluding hydrogens is 410 g/mol. The van der Waals surface area contributed by atoms with Gasteiger partial charge in [-0.3, -0.25) is 4.79 Å². The van der Waals surface area contributed by atoms with Gasteiger partial charge in [0.15, 0.2) is 9.84 Å². The van der Waals surface area contributed by atoms with E-state index < -0.39 is 9.84 Å². The van der Waals surface area contributed by atoms with E-state index in [1.54, 1.807) is 36.4 Å². The molecule has 0 saturated heterocycles. The van der Waals surface area contributed by atoms with Gasteiger partial charge in [0.05, 0.1) is 17.2 Å². The van der Waals surface area contributed by atoms with Crippen molar-refractivity contribution >= 4 is 15.7 Å². The number of amides is 1. The molecule has 0 saturated carbocycles. The van der Waals surface area contributed by atoms with Crippen molar-refractivity contribution in [1.29, 1.82) is 0 Å². The van der Waals surface area contributed by atoms with Crippen molar-refractivity contribution < 1.29 is 17.9 Å². The lowest BCUT2D eigenvalue weighted by molar-refractivity contribution is 0.0947. The Kier molecular flexibility index (Phi) is 7.47. The van der Waals surface area contributed by atoms with Gasteiger partial charge in [0.25, 0.3) is 5.91 Å². The lowest BCUT2D eigenvalue weighted by Crippen LogP contribution is -2.28. The van der Waals surface area contributed by atoms with Crippen molar-refractivity contribution in [1.82, 2.24) is 5.32 Å². The van der Waals surface area contributed by atoms with Crippen molar-refractivity contribution in [2.24, 2.45) is 0 Å². The van der Waals surface area contributed by atoms with Gasteiger partial charge in [-0.25, -0.2) is 8.42 Å². The zero-order chi connectivity index (χ0) is 22.3. The smallest absolute Gasteiger partial charge is 0.251 e. The molecule has 0 bridgehead atoms. The summed E-state index contributed by atoms with van der Waals surface area (Å²) < 4.78 is 31.1. The van der Waals surface area contributed by atoms with Crippen molar-refractivity contribution in [3.63, 3.8) is 0 Å². The van der Waals surface area contributed by atoms with Crippen molar-refractivity contribution in [3.8, 4) is 5.75 Å². The van der Waals surface area contributed by atoms with Gasteiger partial charge in [-0.2, -0.15) is 0 Å². The predicted octanol–water partition coefficient (Wildman–Crippen LogP) is 4.59. The fourth-order valence-electron chi connectivity index (χ4n) is 3.09. The second-order valence-corrected chi connectivity index (χ2v) is 9.59. The van der Waals surface area contributed by atoms with E-state index in [4.69, 9.17) is 4.74 Å². The molecule has 3 aromatic carbocycles. The van der Waals surface area contributed by atoms with E-state index in [-0.39, 0.29) is 16.6 Å². The molecule has 31 heavy (non-hydrogen) atoms. The number of sulfone groups is 1. The molecule has 0 aliphatic heterocycles. The molecular formula is C25H27NO4S. The summed E-state index contributed by atoms with van der Waals surface area (Å²) in [6, 6.07) is 23.0. The Morgan fingerprint density at radius 2 is 1.65 bits per heavy atom. The summed E-state index contributed by atoms with van der Waals surface area (Å²) in [5.41, 5.74) is 2.24. The van der Waals surface area contributed by atoms with Crippen molar-refractivity contribution in [3.05, 3.63) is 95.6 Å². The number of rotatable bonds is 9. The predicted molar refractivity (Wildman–Crippen MR) is 122 cm³/mol. The molecule has 6 heteroatoms. The Labute approximate surface area is 184 Å². The van der Waals surface area contributed by atoms with Crippen LogP contribution in [0.25, 0.3) is 0 Å². The van der Waals surface area contributed by atoms with Crippen LogP contribution in [0.1, 0.15) is 41.3 Å². The number of hydrogen-bond donors (Lipinski definition) is 1. The summed E-state index contributed by atoms with van der Waals surface area (Å²) >= 11 is 0. The summed E-state index contributed by atoms with van der Waals surface area (Å²) in [6.07, 6.45) is 0. The van der Waals surface area contributed by atoms with Gasteiger partial charge in [-0.15, -0.1) is 0 Å². The van der Waals surface area contributed by atoms with E-state index in [9.17, 15) is 13.2 Å². The van der Waals surface area contributed by atoms with Gasteiger partial charge in [0.2, 0.25) is 0 Å². The standard InChI is InChI=1S/C25H27NO4S/c1-19(2)21-11-13-23(14-12-21)30-16-15-26-25(27)22-9-6-10-24(17-22)31(28,29)18-20-7-4-3-5-8-20/h3-14,17,19H,15-16,18H2,1-2H3,(H,26,27). The summed E-state index contributed by atoms with van der Waals surface area (Å²) in [6.45, 7) is 4.89. The molecule has 3 aromatic rings. The molecule has 1 amide bonds. The topological polar surface area (TPSA) is 72.5 Å². The largest absolute Gasteiger partial charge is 0.492 e. The molecule has 0 atom stereocenters. The van der Waals surface area contributed by atoms with E-state index in [1.807, 2.05) is 30.3 Å². The molecule has 162 valence electrons. The van der Waals surface area contributed by atoms with Crippen LogP contribution in [0.5, 0.6) is 5.75 Å². The molecule has 0 radical (unpaired) electrons. The van der Waals surface area contributed by atoms with Crippen LogP contribution in [0.2, 0.25) is 0 Å². The summed E-state index contributed by atoms with van der Waals surface area (Å²) in [7, 11) is -3.55. The molecule has 0 unspecified atom stereocenters. The van der Waals surface area contributed by atoms with Gasteiger partial charge < -0.3 is 10.1 Å². The third kappa shape index (κ3) is 6.43. The first-order valence-electron chi connectivity index (χ1n) is 10.2. The second-order valence-electron chi connectivity index (χ2n) is 7.60. The van der Waals surface area contributed by atoms with Crippen molar-refractivity contribution in [2.45, 2.75) is 30.4 Å². The first-order valence-corrected chi connectivity index (χ1v) is 11.9. The number of nitrogens with one attached hydrogen (secondary N) is 1. The fourth-order valence-corrected chi connectivity index (χ4v) is 4.48. The third-order valence-corrected chi connectivity index (χ3v) is 6.54. The zero-order valence-electron chi connectivity index (χ0n) is 17.7. The van der Waals surface area contributed by atoms with Crippen LogP contribution >= 0.6 is 0 Å². The molecule has 3 rings (SSSR count). The minimum Gasteiger partial charge on any atom is -0.492 e. The average molecular weight is 438 g/mol. The quantitative estimate of drug-likeness (QED) is 0.497. The highest BCUT2D eigenvalue weighted by Crippen LogP contribution is 2.19. The Bertz CT molecular complexity index is 1110. The van der Waals surface area contributed by atoms with E-state index in [0.29, 0.717) is 30.2 Å². The first-order chi connectivity index (χ1) is 14.8. The summed E-state index contributed by atoms with van der Waals surface area (Å²) in [5.74, 6) is 0.756. The van der Waals surface area contributed by atoms with Gasteiger partial charge in [0.1, 0.15) is 12.4 Å². The highest BCUT2D eigenvalue weighted by atomic mass is 32.2. The highest BCUT2D eigenvalue weighted by Gasteiger charge is 2.17. The van der Waals surface area contributed by atoms with E-state index in [2.05, 4.69) is 19.2 Å². The number of ether oxygens (including phenoxy) is 1. The lowest BCUT2D eigenvalue weighted by Gasteiger charge is -2.10. The molecule has 0 spiro atoms. The molecule has 0 heterocycles.